The molecule has 6 aromatic rings. The molecule has 0 amide bonds. The molecule has 0 aromatic heterocycles. The van der Waals surface area contributed by atoms with Gasteiger partial charge in [0, 0.05) is 0 Å². The Morgan fingerprint density at radius 3 is 0.761 bits per heavy atom. The van der Waals surface area contributed by atoms with Gasteiger partial charge >= 0.3 is 17.0 Å². The van der Waals surface area contributed by atoms with Crippen LogP contribution in [0.4, 0.5) is 0 Å². The van der Waals surface area contributed by atoms with Gasteiger partial charge in [-0.15, -0.1) is 0 Å². The first-order valence-corrected chi connectivity index (χ1v) is 24.3. The van der Waals surface area contributed by atoms with Crippen LogP contribution >= 0.6 is 0 Å². The van der Waals surface area contributed by atoms with Crippen LogP contribution in [0.1, 0.15) is 0 Å². The number of hydrogen-bond donors (Lipinski definition) is 2. The van der Waals surface area contributed by atoms with E-state index in [9.17, 15) is 9.59 Å². The van der Waals surface area contributed by atoms with Gasteiger partial charge in [-0.05, 0) is 44.2 Å². The Balaban J connectivity index is 1.62. The van der Waals surface area contributed by atoms with Gasteiger partial charge in [-0.2, -0.15) is 0 Å². The summed E-state index contributed by atoms with van der Waals surface area (Å²) in [6, 6.07) is 62.5. The van der Waals surface area contributed by atoms with Crippen molar-refractivity contribution in [3.8, 4) is 0 Å². The van der Waals surface area contributed by atoms with Gasteiger partial charge < -0.3 is 17.4 Å². The highest BCUT2D eigenvalue weighted by Gasteiger charge is 2.78. The molecule has 1 heterocycles. The molecule has 0 radical (unpaired) electrons. The fourth-order valence-electron chi connectivity index (χ4n) is 7.82. The second kappa shape index (κ2) is 12.0. The quantitative estimate of drug-likeness (QED) is 0.246. The van der Waals surface area contributed by atoms with Crippen molar-refractivity contribution in [1.82, 2.24) is 7.79 Å². The molecule has 7 rings (SSSR count). The topological polar surface area (TPSA) is 46.9 Å². The molecule has 0 unspecified atom stereocenters. The van der Waals surface area contributed by atoms with Gasteiger partial charge in [-0.3, -0.25) is 0 Å². The molecule has 4 nitrogen and oxygen atoms in total. The summed E-state index contributed by atoms with van der Waals surface area (Å²) >= 11 is 0. The Morgan fingerprint density at radius 2 is 0.543 bits per heavy atom. The fraction of sp³-hybridized carbons (Fsp3) is 0.0526. The lowest BCUT2D eigenvalue weighted by atomic mass is 10.4. The van der Waals surface area contributed by atoms with Crippen LogP contribution in [0.15, 0.2) is 182 Å². The van der Waals surface area contributed by atoms with Gasteiger partial charge in [0.05, 0.1) is 0 Å². The Bertz CT molecular complexity index is 1670. The van der Waals surface area contributed by atoms with Crippen LogP contribution < -0.4 is 31.1 Å². The zero-order valence-electron chi connectivity index (χ0n) is 26.1. The molecule has 8 heteroatoms. The number of nitrogens with zero attached hydrogens (tertiary/aromatic N) is 2. The molecule has 0 aliphatic carbocycles. The monoisotopic (exact) mass is 666 g/mol. The maximum Gasteiger partial charge on any atom is 0.325 e. The summed E-state index contributed by atoms with van der Waals surface area (Å²) in [5.41, 5.74) is 0. The van der Waals surface area contributed by atoms with E-state index < -0.39 is 33.8 Å². The van der Waals surface area contributed by atoms with Gasteiger partial charge in [-0.25, -0.2) is 0 Å². The molecule has 1 fully saturated rings. The van der Waals surface area contributed by atoms with Crippen molar-refractivity contribution in [2.75, 3.05) is 0 Å². The summed E-state index contributed by atoms with van der Waals surface area (Å²) < 4.78 is 5.26. The molecule has 0 spiro atoms. The van der Waals surface area contributed by atoms with E-state index in [1.807, 2.05) is 72.8 Å². The van der Waals surface area contributed by atoms with Gasteiger partial charge in [0.2, 0.25) is 16.8 Å². The highest BCUT2D eigenvalue weighted by molar-refractivity contribution is 7.31. The smallest absolute Gasteiger partial charge is 0.325 e. The summed E-state index contributed by atoms with van der Waals surface area (Å²) in [5, 5.41) is 6.16. The van der Waals surface area contributed by atoms with Gasteiger partial charge in [-0.1, -0.05) is 182 Å². The lowest BCUT2D eigenvalue weighted by Crippen LogP contribution is -3.09. The first kappa shape index (κ1) is 30.7. The molecule has 0 bridgehead atoms. The summed E-state index contributed by atoms with van der Waals surface area (Å²) in [4.78, 5) is 27.7. The zero-order valence-corrected chi connectivity index (χ0v) is 30.1. The molecular weight excluding hydrogens is 629 g/mol. The Morgan fingerprint density at radius 1 is 0.348 bits per heavy atom. The van der Waals surface area contributed by atoms with Crippen molar-refractivity contribution in [3.63, 3.8) is 0 Å². The van der Waals surface area contributed by atoms with Crippen molar-refractivity contribution >= 4 is 64.9 Å². The summed E-state index contributed by atoms with van der Waals surface area (Å²) in [7, 11) is -13.5. The maximum absolute atomic E-state index is 13.8. The highest BCUT2D eigenvalue weighted by Crippen LogP contribution is 2.44. The average Bonchev–Trinajstić information content (AvgIpc) is 3.13. The molecule has 6 aromatic carbocycles. The predicted octanol–water partition coefficient (Wildman–Crippen LogP) is 3.06. The molecule has 228 valence electrons. The van der Waals surface area contributed by atoms with Crippen molar-refractivity contribution in [3.05, 3.63) is 182 Å². The second-order valence-electron chi connectivity index (χ2n) is 12.3. The van der Waals surface area contributed by atoms with Crippen LogP contribution in [-0.4, -0.2) is 51.1 Å². The normalized spacial score (nSPS) is 20.6. The van der Waals surface area contributed by atoms with Crippen LogP contribution in [0.3, 0.4) is 0 Å². The second-order valence-corrected chi connectivity index (χ2v) is 27.9. The standard InChI is InChI=1S/C38H38N2O2Si4/c1-43(33-21-9-3-10-22-33)39(45(41,35-25-13-5-14-26-35)36-27-15-6-16-28-36)44(2,34-23-11-4-12-24-34)40(43)46(42,37-29-17-7-18-30-37)38-31-19-8-20-32-38/h3-32,41-42H,1-2H3. The SMILES string of the molecule is C[Si]1(c2ccccc2)N([Si](O)(c2ccccc2)c2ccccc2)[Si](C)(c2ccccc2)N1[Si](O)(c1ccccc1)c1ccccc1. The van der Waals surface area contributed by atoms with Gasteiger partial charge in [0.1, 0.15) is 0 Å². The Kier molecular flexibility index (Phi) is 8.00. The molecule has 46 heavy (non-hydrogen) atoms. The number of benzene rings is 6. The lowest BCUT2D eigenvalue weighted by molar-refractivity contribution is 0.453. The number of hydrogen-bond acceptors (Lipinski definition) is 4. The van der Waals surface area contributed by atoms with Crippen LogP contribution in [0.25, 0.3) is 0 Å². The number of rotatable bonds is 8. The Labute approximate surface area is 276 Å². The van der Waals surface area contributed by atoms with Crippen LogP contribution in [-0.2, 0) is 0 Å². The van der Waals surface area contributed by atoms with E-state index in [0.717, 1.165) is 20.7 Å². The first-order chi connectivity index (χ1) is 22.4. The fourth-order valence-corrected chi connectivity index (χ4v) is 41.8. The van der Waals surface area contributed by atoms with Gasteiger partial charge in [0.15, 0.2) is 0 Å². The summed E-state index contributed by atoms with van der Waals surface area (Å²) in [5.74, 6) is 0. The zero-order chi connectivity index (χ0) is 31.8. The van der Waals surface area contributed by atoms with E-state index in [4.69, 9.17) is 0 Å². The van der Waals surface area contributed by atoms with Crippen LogP contribution in [0.5, 0.6) is 0 Å². The maximum atomic E-state index is 13.8. The van der Waals surface area contributed by atoms with E-state index in [2.05, 4.69) is 130 Å². The van der Waals surface area contributed by atoms with Crippen molar-refractivity contribution in [1.29, 1.82) is 0 Å². The molecule has 0 atom stereocenters. The van der Waals surface area contributed by atoms with E-state index in [1.54, 1.807) is 0 Å². The Hall–Kier alpha value is -3.97. The van der Waals surface area contributed by atoms with E-state index in [-0.39, 0.29) is 0 Å². The van der Waals surface area contributed by atoms with Crippen molar-refractivity contribution in [2.45, 2.75) is 13.1 Å². The minimum absolute atomic E-state index is 0.954. The molecule has 1 aliphatic heterocycles. The van der Waals surface area contributed by atoms with Crippen molar-refractivity contribution < 1.29 is 9.59 Å². The largest absolute Gasteiger partial charge is 0.413 e. The minimum atomic E-state index is -3.65. The van der Waals surface area contributed by atoms with Crippen LogP contribution in [0.2, 0.25) is 13.1 Å². The summed E-state index contributed by atoms with van der Waals surface area (Å²) in [6.07, 6.45) is 0. The third-order valence-corrected chi connectivity index (χ3v) is 36.3. The molecule has 1 saturated heterocycles. The molecule has 1 aliphatic rings. The molecular formula is C38H38N2O2Si4. The van der Waals surface area contributed by atoms with E-state index in [1.165, 1.54) is 10.4 Å². The van der Waals surface area contributed by atoms with Crippen molar-refractivity contribution in [2.24, 2.45) is 0 Å². The predicted molar refractivity (Wildman–Crippen MR) is 199 cm³/mol. The van der Waals surface area contributed by atoms with E-state index in [0.29, 0.717) is 0 Å². The molecule has 0 saturated carbocycles. The van der Waals surface area contributed by atoms with Gasteiger partial charge in [0.25, 0.3) is 0 Å². The first-order valence-electron chi connectivity index (χ1n) is 15.8. The lowest BCUT2D eigenvalue weighted by Gasteiger charge is -2.75. The van der Waals surface area contributed by atoms with E-state index >= 15 is 0 Å². The molecule has 2 N–H and O–H groups in total. The highest BCUT2D eigenvalue weighted by atomic mass is 28.6. The third-order valence-electron chi connectivity index (χ3n) is 9.74. The third kappa shape index (κ3) is 4.53. The minimum Gasteiger partial charge on any atom is -0.413 e. The average molecular weight is 667 g/mol. The van der Waals surface area contributed by atoms with Crippen LogP contribution in [0, 0.1) is 0 Å². The summed E-state index contributed by atoms with van der Waals surface area (Å²) in [6.45, 7) is 4.71.